The van der Waals surface area contributed by atoms with Gasteiger partial charge in [-0.15, -0.1) is 0 Å². The second-order valence-corrected chi connectivity index (χ2v) is 9.87. The van der Waals surface area contributed by atoms with Gasteiger partial charge in [0.25, 0.3) is 10.0 Å². The third-order valence-corrected chi connectivity index (χ3v) is 7.47. The lowest BCUT2D eigenvalue weighted by Gasteiger charge is -2.26. The lowest BCUT2D eigenvalue weighted by atomic mass is 10.0. The van der Waals surface area contributed by atoms with Crippen molar-refractivity contribution in [3.63, 3.8) is 0 Å². The van der Waals surface area contributed by atoms with Gasteiger partial charge in [0.1, 0.15) is 5.58 Å². The third-order valence-electron chi connectivity index (χ3n) is 5.90. The summed E-state index contributed by atoms with van der Waals surface area (Å²) in [5, 5.41) is 9.61. The molecule has 2 aliphatic heterocycles. The molecule has 11 heteroatoms. The van der Waals surface area contributed by atoms with Crippen molar-refractivity contribution in [1.29, 1.82) is 0 Å². The van der Waals surface area contributed by atoms with Crippen LogP contribution in [0.4, 0.5) is 11.5 Å². The standard InChI is InChI=1S/C20H19ClN4O5S/c21-12-8-16(19(22-10-12)25-13-2-3-14(25)5-4-13)24-31(28,29)15-6-1-11-7-18(20(26)23-27)30-17(11)9-15/h1,6-10,13-14,24,27H,2-5H2,(H,23,26). The zero-order chi connectivity index (χ0) is 21.8. The van der Waals surface area contributed by atoms with E-state index in [0.717, 1.165) is 25.7 Å². The number of fused-ring (bicyclic) bond motifs is 3. The summed E-state index contributed by atoms with van der Waals surface area (Å²) < 4.78 is 34.3. The zero-order valence-electron chi connectivity index (χ0n) is 16.2. The molecule has 9 nitrogen and oxygen atoms in total. The van der Waals surface area contributed by atoms with E-state index in [-0.39, 0.29) is 16.2 Å². The first kappa shape index (κ1) is 20.1. The number of amides is 1. The largest absolute Gasteiger partial charge is 0.451 e. The maximum atomic E-state index is 13.1. The molecule has 3 N–H and O–H groups in total. The molecule has 1 aromatic carbocycles. The summed E-state index contributed by atoms with van der Waals surface area (Å²) in [5.41, 5.74) is 2.01. The quantitative estimate of drug-likeness (QED) is 0.391. The molecule has 2 aromatic heterocycles. The number of furan rings is 1. The van der Waals surface area contributed by atoms with E-state index in [4.69, 9.17) is 21.2 Å². The highest BCUT2D eigenvalue weighted by Gasteiger charge is 2.41. The van der Waals surface area contributed by atoms with Crippen molar-refractivity contribution in [2.45, 2.75) is 42.7 Å². The summed E-state index contributed by atoms with van der Waals surface area (Å²) in [4.78, 5) is 18.1. The van der Waals surface area contributed by atoms with Crippen molar-refractivity contribution in [2.75, 3.05) is 9.62 Å². The van der Waals surface area contributed by atoms with Crippen molar-refractivity contribution in [2.24, 2.45) is 0 Å². The van der Waals surface area contributed by atoms with Gasteiger partial charge in [-0.3, -0.25) is 14.7 Å². The van der Waals surface area contributed by atoms with Crippen LogP contribution in [0.3, 0.4) is 0 Å². The Kier molecular flexibility index (Phi) is 4.80. The summed E-state index contributed by atoms with van der Waals surface area (Å²) >= 11 is 6.12. The normalized spacial score (nSPS) is 20.4. The van der Waals surface area contributed by atoms with Crippen molar-refractivity contribution in [3.8, 4) is 0 Å². The first-order chi connectivity index (χ1) is 14.9. The summed E-state index contributed by atoms with van der Waals surface area (Å²) in [6.07, 6.45) is 5.80. The number of aromatic nitrogens is 1. The Balaban J connectivity index is 1.50. The molecule has 31 heavy (non-hydrogen) atoms. The molecular weight excluding hydrogens is 444 g/mol. The van der Waals surface area contributed by atoms with Gasteiger partial charge < -0.3 is 9.32 Å². The molecule has 5 rings (SSSR count). The number of anilines is 2. The predicted octanol–water partition coefficient (Wildman–Crippen LogP) is 3.53. The first-order valence-electron chi connectivity index (χ1n) is 9.80. The van der Waals surface area contributed by atoms with E-state index in [9.17, 15) is 13.2 Å². The Hall–Kier alpha value is -2.82. The molecule has 0 unspecified atom stereocenters. The van der Waals surface area contributed by atoms with Gasteiger partial charge in [0, 0.05) is 29.7 Å². The molecule has 162 valence electrons. The van der Waals surface area contributed by atoms with E-state index in [1.807, 2.05) is 0 Å². The summed E-state index contributed by atoms with van der Waals surface area (Å²) in [6.45, 7) is 0. The zero-order valence-corrected chi connectivity index (χ0v) is 17.8. The van der Waals surface area contributed by atoms with Gasteiger partial charge in [-0.25, -0.2) is 18.9 Å². The number of benzene rings is 1. The van der Waals surface area contributed by atoms with Crippen molar-refractivity contribution < 1.29 is 22.8 Å². The van der Waals surface area contributed by atoms with Crippen LogP contribution in [-0.4, -0.2) is 36.6 Å². The molecule has 2 bridgehead atoms. The number of sulfonamides is 1. The molecule has 2 aliphatic rings. The molecule has 0 saturated carbocycles. The van der Waals surface area contributed by atoms with Crippen molar-refractivity contribution >= 4 is 50.0 Å². The van der Waals surface area contributed by atoms with E-state index in [1.165, 1.54) is 35.9 Å². The van der Waals surface area contributed by atoms with Crippen LogP contribution in [0.1, 0.15) is 36.2 Å². The van der Waals surface area contributed by atoms with E-state index in [0.29, 0.717) is 34.0 Å². The Labute approximate surface area is 183 Å². The number of carbonyl (C=O) groups excluding carboxylic acids is 1. The van der Waals surface area contributed by atoms with Gasteiger partial charge in [-0.1, -0.05) is 11.6 Å². The van der Waals surface area contributed by atoms with Gasteiger partial charge in [0.05, 0.1) is 15.6 Å². The van der Waals surface area contributed by atoms with E-state index in [1.54, 1.807) is 6.07 Å². The molecule has 0 radical (unpaired) electrons. The number of hydrogen-bond acceptors (Lipinski definition) is 7. The molecule has 3 aromatic rings. The van der Waals surface area contributed by atoms with E-state index in [2.05, 4.69) is 14.6 Å². The van der Waals surface area contributed by atoms with Crippen LogP contribution in [-0.2, 0) is 10.0 Å². The first-order valence-corrected chi connectivity index (χ1v) is 11.7. The van der Waals surface area contributed by atoms with E-state index >= 15 is 0 Å². The number of halogens is 1. The lowest BCUT2D eigenvalue weighted by molar-refractivity contribution is 0.0678. The van der Waals surface area contributed by atoms with Crippen molar-refractivity contribution in [3.05, 3.63) is 47.3 Å². The van der Waals surface area contributed by atoms with Crippen LogP contribution in [0.15, 0.2) is 45.8 Å². The second-order valence-electron chi connectivity index (χ2n) is 7.75. The van der Waals surface area contributed by atoms with Gasteiger partial charge in [-0.05, 0) is 49.9 Å². The van der Waals surface area contributed by atoms with Crippen LogP contribution in [0.2, 0.25) is 5.02 Å². The average Bonchev–Trinajstić information content (AvgIpc) is 3.46. The average molecular weight is 463 g/mol. The summed E-state index contributed by atoms with van der Waals surface area (Å²) in [6, 6.07) is 7.96. The molecule has 2 saturated heterocycles. The minimum Gasteiger partial charge on any atom is -0.451 e. The Bertz CT molecular complexity index is 1270. The fourth-order valence-corrected chi connectivity index (χ4v) is 5.75. The number of hydroxylamine groups is 1. The summed E-state index contributed by atoms with van der Waals surface area (Å²) in [7, 11) is -3.99. The van der Waals surface area contributed by atoms with Crippen LogP contribution in [0.5, 0.6) is 0 Å². The Morgan fingerprint density at radius 2 is 1.87 bits per heavy atom. The Morgan fingerprint density at radius 1 is 1.16 bits per heavy atom. The van der Waals surface area contributed by atoms with Crippen LogP contribution >= 0.6 is 11.6 Å². The highest BCUT2D eigenvalue weighted by molar-refractivity contribution is 7.92. The maximum absolute atomic E-state index is 13.1. The summed E-state index contributed by atoms with van der Waals surface area (Å²) in [5.74, 6) is -0.376. The van der Waals surface area contributed by atoms with E-state index < -0.39 is 15.9 Å². The number of hydrogen-bond donors (Lipinski definition) is 3. The fourth-order valence-electron chi connectivity index (χ4n) is 4.52. The van der Waals surface area contributed by atoms with Crippen molar-refractivity contribution in [1.82, 2.24) is 10.5 Å². The second kappa shape index (κ2) is 7.40. The third kappa shape index (κ3) is 3.50. The SMILES string of the molecule is O=C(NO)c1cc2ccc(S(=O)(=O)Nc3cc(Cl)cnc3N3C4CCC3CC4)cc2o1. The van der Waals surface area contributed by atoms with Crippen LogP contribution < -0.4 is 15.1 Å². The number of carbonyl (C=O) groups is 1. The molecule has 2 fully saturated rings. The van der Waals surface area contributed by atoms with Crippen LogP contribution in [0, 0.1) is 0 Å². The predicted molar refractivity (Wildman–Crippen MR) is 114 cm³/mol. The smallest absolute Gasteiger partial charge is 0.310 e. The van der Waals surface area contributed by atoms with Gasteiger partial charge in [-0.2, -0.15) is 0 Å². The monoisotopic (exact) mass is 462 g/mol. The number of pyridine rings is 1. The highest BCUT2D eigenvalue weighted by Crippen LogP contribution is 2.43. The van der Waals surface area contributed by atoms with Gasteiger partial charge in [0.15, 0.2) is 11.6 Å². The van der Waals surface area contributed by atoms with Gasteiger partial charge >= 0.3 is 5.91 Å². The fraction of sp³-hybridized carbons (Fsp3) is 0.300. The number of nitrogens with zero attached hydrogens (tertiary/aromatic N) is 2. The topological polar surface area (TPSA) is 125 Å². The maximum Gasteiger partial charge on any atom is 0.310 e. The molecule has 0 atom stereocenters. The number of nitrogens with one attached hydrogen (secondary N) is 2. The lowest BCUT2D eigenvalue weighted by Crippen LogP contribution is -2.30. The highest BCUT2D eigenvalue weighted by atomic mass is 35.5. The molecular formula is C20H19ClN4O5S. The Morgan fingerprint density at radius 3 is 2.55 bits per heavy atom. The van der Waals surface area contributed by atoms with Gasteiger partial charge in [0.2, 0.25) is 0 Å². The molecule has 4 heterocycles. The van der Waals surface area contributed by atoms with Crippen LogP contribution in [0.25, 0.3) is 11.0 Å². The molecule has 0 aliphatic carbocycles. The molecule has 0 spiro atoms. The minimum absolute atomic E-state index is 0.0411. The minimum atomic E-state index is -3.99. The number of rotatable bonds is 5. The molecule has 1 amide bonds.